The van der Waals surface area contributed by atoms with E-state index in [1.807, 2.05) is 0 Å². The number of H-pyrrole nitrogens is 1. The molecule has 3 N–H and O–H groups in total. The van der Waals surface area contributed by atoms with Gasteiger partial charge in [0, 0.05) is 24.4 Å². The van der Waals surface area contributed by atoms with Gasteiger partial charge in [0.1, 0.15) is 6.04 Å². The lowest BCUT2D eigenvalue weighted by atomic mass is 10.2. The van der Waals surface area contributed by atoms with Gasteiger partial charge in [-0.2, -0.15) is 17.9 Å². The zero-order valence-corrected chi connectivity index (χ0v) is 11.2. The number of esters is 1. The molecule has 106 valence electrons. The zero-order chi connectivity index (χ0) is 13.9. The third-order valence-corrected chi connectivity index (χ3v) is 3.90. The van der Waals surface area contributed by atoms with Crippen LogP contribution in [0.1, 0.15) is 18.5 Å². The SMILES string of the molecule is COC(=O)[C@H](Cc1cnc[nH]1)NS(=O)(=O)NC1CC1. The first-order valence-electron chi connectivity index (χ1n) is 5.85. The predicted molar refractivity (Wildman–Crippen MR) is 66.3 cm³/mol. The van der Waals surface area contributed by atoms with Gasteiger partial charge >= 0.3 is 5.97 Å². The molecular weight excluding hydrogens is 272 g/mol. The fourth-order valence-corrected chi connectivity index (χ4v) is 2.87. The summed E-state index contributed by atoms with van der Waals surface area (Å²) in [6.07, 6.45) is 4.78. The lowest BCUT2D eigenvalue weighted by Gasteiger charge is -2.16. The maximum Gasteiger partial charge on any atom is 0.324 e. The second-order valence-electron chi connectivity index (χ2n) is 4.37. The van der Waals surface area contributed by atoms with Crippen molar-refractivity contribution in [2.75, 3.05) is 7.11 Å². The minimum Gasteiger partial charge on any atom is -0.468 e. The molecule has 1 aromatic rings. The topological polar surface area (TPSA) is 113 Å². The summed E-state index contributed by atoms with van der Waals surface area (Å²) in [5.74, 6) is -0.643. The van der Waals surface area contributed by atoms with Crippen molar-refractivity contribution < 1.29 is 17.9 Å². The van der Waals surface area contributed by atoms with Crippen LogP contribution in [0.5, 0.6) is 0 Å². The Kier molecular flexibility index (Phi) is 4.17. The molecule has 1 atom stereocenters. The van der Waals surface area contributed by atoms with Crippen molar-refractivity contribution in [1.82, 2.24) is 19.4 Å². The predicted octanol–water partition coefficient (Wildman–Crippen LogP) is -0.920. The Bertz CT molecular complexity index is 524. The van der Waals surface area contributed by atoms with E-state index in [1.165, 1.54) is 19.6 Å². The molecule has 0 aromatic carbocycles. The second-order valence-corrected chi connectivity index (χ2v) is 5.85. The highest BCUT2D eigenvalue weighted by molar-refractivity contribution is 7.87. The normalized spacial score (nSPS) is 17.1. The van der Waals surface area contributed by atoms with Gasteiger partial charge in [0.2, 0.25) is 0 Å². The second kappa shape index (κ2) is 5.68. The van der Waals surface area contributed by atoms with Crippen LogP contribution in [0.2, 0.25) is 0 Å². The molecule has 9 heteroatoms. The van der Waals surface area contributed by atoms with Crippen LogP contribution in [0.3, 0.4) is 0 Å². The van der Waals surface area contributed by atoms with Crippen molar-refractivity contribution in [1.29, 1.82) is 0 Å². The van der Waals surface area contributed by atoms with Gasteiger partial charge in [0.15, 0.2) is 0 Å². The lowest BCUT2D eigenvalue weighted by Crippen LogP contribution is -2.48. The first kappa shape index (κ1) is 14.0. The molecule has 0 bridgehead atoms. The number of hydrogen-bond donors (Lipinski definition) is 3. The van der Waals surface area contributed by atoms with Gasteiger partial charge in [-0.3, -0.25) is 4.79 Å². The van der Waals surface area contributed by atoms with E-state index in [2.05, 4.69) is 24.1 Å². The van der Waals surface area contributed by atoms with E-state index in [9.17, 15) is 13.2 Å². The molecule has 19 heavy (non-hydrogen) atoms. The standard InChI is InChI=1S/C10H16N4O4S/c1-18-10(15)9(4-8-5-11-6-12-8)14-19(16,17)13-7-2-3-7/h5-7,9,13-14H,2-4H2,1H3,(H,11,12)/t9-/m0/s1. The minimum absolute atomic E-state index is 0.0250. The Hall–Kier alpha value is -1.45. The smallest absolute Gasteiger partial charge is 0.324 e. The van der Waals surface area contributed by atoms with Crippen LogP contribution < -0.4 is 9.44 Å². The van der Waals surface area contributed by atoms with Crippen molar-refractivity contribution in [3.8, 4) is 0 Å². The molecule has 1 aliphatic carbocycles. The highest BCUT2D eigenvalue weighted by atomic mass is 32.2. The molecule has 1 saturated carbocycles. The summed E-state index contributed by atoms with van der Waals surface area (Å²) in [4.78, 5) is 18.2. The highest BCUT2D eigenvalue weighted by Gasteiger charge is 2.31. The van der Waals surface area contributed by atoms with Gasteiger partial charge in [0.05, 0.1) is 13.4 Å². The van der Waals surface area contributed by atoms with E-state index < -0.39 is 22.2 Å². The van der Waals surface area contributed by atoms with E-state index in [0.717, 1.165) is 12.8 Å². The minimum atomic E-state index is -3.71. The third kappa shape index (κ3) is 4.30. The molecular formula is C10H16N4O4S. The molecule has 0 amide bonds. The zero-order valence-electron chi connectivity index (χ0n) is 10.4. The van der Waals surface area contributed by atoms with Crippen LogP contribution in [0.4, 0.5) is 0 Å². The number of hydrogen-bond acceptors (Lipinski definition) is 5. The monoisotopic (exact) mass is 288 g/mol. The lowest BCUT2D eigenvalue weighted by molar-refractivity contribution is -0.142. The summed E-state index contributed by atoms with van der Waals surface area (Å²) < 4.78 is 32.9. The Morgan fingerprint density at radius 1 is 1.63 bits per heavy atom. The summed E-state index contributed by atoms with van der Waals surface area (Å²) in [6, 6.07) is -1.01. The summed E-state index contributed by atoms with van der Waals surface area (Å²) in [7, 11) is -2.50. The van der Waals surface area contributed by atoms with E-state index in [4.69, 9.17) is 0 Å². The number of methoxy groups -OCH3 is 1. The fourth-order valence-electron chi connectivity index (χ4n) is 1.57. The van der Waals surface area contributed by atoms with E-state index in [-0.39, 0.29) is 12.5 Å². The number of nitrogens with zero attached hydrogens (tertiary/aromatic N) is 1. The van der Waals surface area contributed by atoms with Crippen molar-refractivity contribution in [3.05, 3.63) is 18.2 Å². The molecule has 0 radical (unpaired) electrons. The number of imidazole rings is 1. The van der Waals surface area contributed by atoms with Gasteiger partial charge in [-0.15, -0.1) is 0 Å². The molecule has 1 fully saturated rings. The molecule has 1 aliphatic rings. The van der Waals surface area contributed by atoms with E-state index in [1.54, 1.807) is 0 Å². The largest absolute Gasteiger partial charge is 0.468 e. The molecule has 0 unspecified atom stereocenters. The Morgan fingerprint density at radius 2 is 2.37 bits per heavy atom. The van der Waals surface area contributed by atoms with Gasteiger partial charge in [0.25, 0.3) is 10.2 Å². The van der Waals surface area contributed by atoms with Crippen molar-refractivity contribution in [2.45, 2.75) is 31.3 Å². The molecule has 0 spiro atoms. The first-order valence-corrected chi connectivity index (χ1v) is 7.33. The van der Waals surface area contributed by atoms with Crippen molar-refractivity contribution in [2.24, 2.45) is 0 Å². The molecule has 8 nitrogen and oxygen atoms in total. The van der Waals surface area contributed by atoms with Crippen LogP contribution in [0.15, 0.2) is 12.5 Å². The van der Waals surface area contributed by atoms with Crippen LogP contribution in [-0.4, -0.2) is 43.5 Å². The number of aromatic amines is 1. The molecule has 0 aliphatic heterocycles. The highest BCUT2D eigenvalue weighted by Crippen LogP contribution is 2.19. The van der Waals surface area contributed by atoms with Crippen molar-refractivity contribution >= 4 is 16.2 Å². The quantitative estimate of drug-likeness (QED) is 0.562. The maximum atomic E-state index is 11.8. The van der Waals surface area contributed by atoms with Crippen LogP contribution in [0, 0.1) is 0 Å². The number of carbonyl (C=O) groups is 1. The number of carbonyl (C=O) groups excluding carboxylic acids is 1. The summed E-state index contributed by atoms with van der Waals surface area (Å²) >= 11 is 0. The Labute approximate surface area is 111 Å². The molecule has 1 heterocycles. The van der Waals surface area contributed by atoms with Crippen LogP contribution >= 0.6 is 0 Å². The van der Waals surface area contributed by atoms with Gasteiger partial charge in [-0.25, -0.2) is 4.98 Å². The molecule has 2 rings (SSSR count). The Morgan fingerprint density at radius 3 is 2.89 bits per heavy atom. The fraction of sp³-hybridized carbons (Fsp3) is 0.600. The summed E-state index contributed by atoms with van der Waals surface area (Å²) in [6.45, 7) is 0. The summed E-state index contributed by atoms with van der Waals surface area (Å²) in [5, 5.41) is 0. The number of aromatic nitrogens is 2. The van der Waals surface area contributed by atoms with Crippen LogP contribution in [-0.2, 0) is 26.2 Å². The molecule has 1 aromatic heterocycles. The average Bonchev–Trinajstić information content (AvgIpc) is 2.99. The van der Waals surface area contributed by atoms with E-state index in [0.29, 0.717) is 5.69 Å². The summed E-state index contributed by atoms with van der Waals surface area (Å²) in [5.41, 5.74) is 0.643. The van der Waals surface area contributed by atoms with Crippen molar-refractivity contribution in [3.63, 3.8) is 0 Å². The number of nitrogens with one attached hydrogen (secondary N) is 3. The van der Waals surface area contributed by atoms with Gasteiger partial charge in [-0.05, 0) is 12.8 Å². The van der Waals surface area contributed by atoms with Gasteiger partial charge < -0.3 is 9.72 Å². The van der Waals surface area contributed by atoms with E-state index >= 15 is 0 Å². The number of rotatable bonds is 7. The maximum absolute atomic E-state index is 11.8. The Balaban J connectivity index is 2.02. The average molecular weight is 288 g/mol. The molecule has 0 saturated heterocycles. The number of ether oxygens (including phenoxy) is 1. The van der Waals surface area contributed by atoms with Crippen LogP contribution in [0.25, 0.3) is 0 Å². The third-order valence-electron chi connectivity index (χ3n) is 2.66. The van der Waals surface area contributed by atoms with Gasteiger partial charge in [-0.1, -0.05) is 0 Å². The first-order chi connectivity index (χ1) is 9.00.